The minimum Gasteiger partial charge on any atom is -0.398 e. The number of nitrogen functional groups attached to an aromatic ring is 1. The highest BCUT2D eigenvalue weighted by molar-refractivity contribution is 6.32. The molecule has 0 fully saturated rings. The summed E-state index contributed by atoms with van der Waals surface area (Å²) >= 11 is 0. The minimum atomic E-state index is 0.461. The first-order valence-corrected chi connectivity index (χ1v) is 3.32. The zero-order valence-electron chi connectivity index (χ0n) is 6.39. The second kappa shape index (κ2) is 2.78. The molecule has 1 aromatic carbocycles. The van der Waals surface area contributed by atoms with Gasteiger partial charge in [-0.1, -0.05) is 17.6 Å². The lowest BCUT2D eigenvalue weighted by Crippen LogP contribution is -2.07. The van der Waals surface area contributed by atoms with E-state index in [9.17, 15) is 0 Å². The van der Waals surface area contributed by atoms with Crippen molar-refractivity contribution in [2.75, 3.05) is 5.73 Å². The van der Waals surface area contributed by atoms with Crippen molar-refractivity contribution in [3.8, 4) is 0 Å². The SMILES string of the molecule is [B]c1ccc(C(C)=N)c(N)c1. The number of hydrogen-bond acceptors (Lipinski definition) is 2. The molecule has 54 valence electrons. The molecule has 3 heteroatoms. The van der Waals surface area contributed by atoms with Crippen LogP contribution in [0, 0.1) is 5.41 Å². The molecule has 0 aliphatic carbocycles. The van der Waals surface area contributed by atoms with Crippen LogP contribution in [0.3, 0.4) is 0 Å². The van der Waals surface area contributed by atoms with Gasteiger partial charge in [0.25, 0.3) is 0 Å². The van der Waals surface area contributed by atoms with E-state index in [1.54, 1.807) is 25.1 Å². The molecule has 2 nitrogen and oxygen atoms in total. The Kier molecular flexibility index (Phi) is 1.99. The maximum absolute atomic E-state index is 7.33. The van der Waals surface area contributed by atoms with E-state index >= 15 is 0 Å². The fourth-order valence-electron chi connectivity index (χ4n) is 0.923. The average Bonchev–Trinajstić information content (AvgIpc) is 1.85. The van der Waals surface area contributed by atoms with E-state index in [2.05, 4.69) is 0 Å². The van der Waals surface area contributed by atoms with E-state index in [-0.39, 0.29) is 0 Å². The van der Waals surface area contributed by atoms with Crippen LogP contribution in [0.4, 0.5) is 5.69 Å². The van der Waals surface area contributed by atoms with Crippen LogP contribution in [0.25, 0.3) is 0 Å². The van der Waals surface area contributed by atoms with Crippen LogP contribution in [0.15, 0.2) is 18.2 Å². The predicted octanol–water partition coefficient (Wildman–Crippen LogP) is 0.450. The van der Waals surface area contributed by atoms with Crippen molar-refractivity contribution in [1.29, 1.82) is 5.41 Å². The molecule has 0 unspecified atom stereocenters. The Labute approximate surface area is 67.3 Å². The third-order valence-electron chi connectivity index (χ3n) is 1.48. The van der Waals surface area contributed by atoms with Gasteiger partial charge in [-0.05, 0) is 13.0 Å². The Morgan fingerprint density at radius 2 is 2.18 bits per heavy atom. The van der Waals surface area contributed by atoms with Gasteiger partial charge in [-0.2, -0.15) is 0 Å². The first kappa shape index (κ1) is 7.86. The van der Waals surface area contributed by atoms with Crippen LogP contribution in [0.1, 0.15) is 12.5 Å². The van der Waals surface area contributed by atoms with E-state index in [0.717, 1.165) is 5.56 Å². The van der Waals surface area contributed by atoms with Crippen LogP contribution in [0.2, 0.25) is 0 Å². The van der Waals surface area contributed by atoms with E-state index in [1.807, 2.05) is 0 Å². The standard InChI is InChI=1S/C8H9BN2/c1-5(10)7-3-2-6(9)4-8(7)11/h2-4,10H,11H2,1H3. The van der Waals surface area contributed by atoms with Gasteiger partial charge in [0.05, 0.1) is 0 Å². The molecular weight excluding hydrogens is 135 g/mol. The molecule has 0 atom stereocenters. The lowest BCUT2D eigenvalue weighted by Gasteiger charge is -2.03. The van der Waals surface area contributed by atoms with Gasteiger partial charge >= 0.3 is 0 Å². The zero-order valence-corrected chi connectivity index (χ0v) is 6.39. The van der Waals surface area contributed by atoms with E-state index in [0.29, 0.717) is 16.9 Å². The van der Waals surface area contributed by atoms with Crippen molar-refractivity contribution in [2.24, 2.45) is 0 Å². The molecule has 0 aliphatic heterocycles. The fraction of sp³-hybridized carbons (Fsp3) is 0.125. The van der Waals surface area contributed by atoms with Crippen molar-refractivity contribution in [1.82, 2.24) is 0 Å². The highest BCUT2D eigenvalue weighted by Crippen LogP contribution is 2.08. The van der Waals surface area contributed by atoms with Gasteiger partial charge in [0.15, 0.2) is 0 Å². The van der Waals surface area contributed by atoms with Crippen LogP contribution in [-0.2, 0) is 0 Å². The summed E-state index contributed by atoms with van der Waals surface area (Å²) in [6.07, 6.45) is 0. The minimum absolute atomic E-state index is 0.461. The number of benzene rings is 1. The molecule has 0 saturated carbocycles. The second-order valence-corrected chi connectivity index (χ2v) is 2.47. The van der Waals surface area contributed by atoms with Crippen molar-refractivity contribution in [3.05, 3.63) is 23.8 Å². The van der Waals surface area contributed by atoms with Gasteiger partial charge in [0.1, 0.15) is 7.85 Å². The van der Waals surface area contributed by atoms with E-state index < -0.39 is 0 Å². The first-order valence-electron chi connectivity index (χ1n) is 3.32. The number of nitrogens with two attached hydrogens (primary N) is 1. The Bertz CT molecular complexity index is 294. The normalized spacial score (nSPS) is 9.55. The Hall–Kier alpha value is -1.25. The third kappa shape index (κ3) is 1.61. The first-order chi connectivity index (χ1) is 5.11. The van der Waals surface area contributed by atoms with Crippen LogP contribution < -0.4 is 11.2 Å². The van der Waals surface area contributed by atoms with Gasteiger partial charge in [-0.15, -0.1) is 0 Å². The topological polar surface area (TPSA) is 49.9 Å². The maximum atomic E-state index is 7.33. The molecule has 11 heavy (non-hydrogen) atoms. The molecule has 0 aliphatic rings. The summed E-state index contributed by atoms with van der Waals surface area (Å²) < 4.78 is 0. The van der Waals surface area contributed by atoms with Gasteiger partial charge < -0.3 is 11.1 Å². The molecule has 1 rings (SSSR count). The number of anilines is 1. The van der Waals surface area contributed by atoms with Crippen molar-refractivity contribution >= 4 is 24.7 Å². The molecule has 1 aromatic rings. The molecule has 0 aromatic heterocycles. The van der Waals surface area contributed by atoms with Gasteiger partial charge in [0, 0.05) is 17.0 Å². The number of hydrogen-bond donors (Lipinski definition) is 2. The molecule has 0 bridgehead atoms. The zero-order chi connectivity index (χ0) is 8.43. The summed E-state index contributed by atoms with van der Waals surface area (Å²) in [5.74, 6) is 0. The number of rotatable bonds is 1. The second-order valence-electron chi connectivity index (χ2n) is 2.47. The summed E-state index contributed by atoms with van der Waals surface area (Å²) in [6.45, 7) is 1.70. The van der Waals surface area contributed by atoms with Crippen LogP contribution in [-0.4, -0.2) is 13.6 Å². The van der Waals surface area contributed by atoms with Crippen LogP contribution >= 0.6 is 0 Å². The third-order valence-corrected chi connectivity index (χ3v) is 1.48. The molecule has 0 amide bonds. The molecular formula is C8H9BN2. The molecule has 0 saturated heterocycles. The van der Waals surface area contributed by atoms with Gasteiger partial charge in [0.2, 0.25) is 0 Å². The van der Waals surface area contributed by atoms with Crippen molar-refractivity contribution < 1.29 is 0 Å². The van der Waals surface area contributed by atoms with Gasteiger partial charge in [-0.3, -0.25) is 0 Å². The summed E-state index contributed by atoms with van der Waals surface area (Å²) in [5, 5.41) is 7.33. The smallest absolute Gasteiger partial charge is 0.113 e. The largest absolute Gasteiger partial charge is 0.398 e. The van der Waals surface area contributed by atoms with Crippen molar-refractivity contribution in [2.45, 2.75) is 6.92 Å². The Balaban J connectivity index is 3.20. The fourth-order valence-corrected chi connectivity index (χ4v) is 0.923. The van der Waals surface area contributed by atoms with Crippen LogP contribution in [0.5, 0.6) is 0 Å². The monoisotopic (exact) mass is 144 g/mol. The summed E-state index contributed by atoms with van der Waals surface area (Å²) in [5.41, 5.74) is 8.01. The average molecular weight is 144 g/mol. The Morgan fingerprint density at radius 1 is 1.55 bits per heavy atom. The highest BCUT2D eigenvalue weighted by Gasteiger charge is 1.99. The van der Waals surface area contributed by atoms with E-state index in [4.69, 9.17) is 19.0 Å². The summed E-state index contributed by atoms with van der Waals surface area (Å²) in [7, 11) is 5.48. The van der Waals surface area contributed by atoms with E-state index in [1.165, 1.54) is 0 Å². The van der Waals surface area contributed by atoms with Crippen molar-refractivity contribution in [3.63, 3.8) is 0 Å². The Morgan fingerprint density at radius 3 is 2.64 bits per heavy atom. The lowest BCUT2D eigenvalue weighted by atomic mass is 9.93. The summed E-state index contributed by atoms with van der Waals surface area (Å²) in [6, 6.07) is 5.16. The highest BCUT2D eigenvalue weighted by atomic mass is 14.6. The summed E-state index contributed by atoms with van der Waals surface area (Å²) in [4.78, 5) is 0. The predicted molar refractivity (Wildman–Crippen MR) is 48.7 cm³/mol. The molecule has 0 heterocycles. The lowest BCUT2D eigenvalue weighted by molar-refractivity contribution is 1.46. The molecule has 3 N–H and O–H groups in total. The molecule has 0 spiro atoms. The quantitative estimate of drug-likeness (QED) is 0.335. The van der Waals surface area contributed by atoms with Gasteiger partial charge in [-0.25, -0.2) is 0 Å². The number of nitrogens with one attached hydrogen (secondary N) is 1. The maximum Gasteiger partial charge on any atom is 0.113 e. The molecule has 2 radical (unpaired) electrons.